The highest BCUT2D eigenvalue weighted by Crippen LogP contribution is 2.64. The molecule has 0 unspecified atom stereocenters. The van der Waals surface area contributed by atoms with Gasteiger partial charge in [-0.25, -0.2) is 0 Å². The van der Waals surface area contributed by atoms with Crippen molar-refractivity contribution in [2.75, 3.05) is 13.1 Å². The molecule has 0 amide bonds. The van der Waals surface area contributed by atoms with Crippen LogP contribution in [0.1, 0.15) is 43.2 Å². The number of aromatic hydroxyl groups is 1. The van der Waals surface area contributed by atoms with Crippen LogP contribution in [0.15, 0.2) is 12.1 Å². The monoisotopic (exact) mass is 341 g/mol. The maximum absolute atomic E-state index is 12.7. The molecule has 3 aliphatic carbocycles. The van der Waals surface area contributed by atoms with E-state index in [-0.39, 0.29) is 17.6 Å². The van der Waals surface area contributed by atoms with Gasteiger partial charge in [0.1, 0.15) is 0 Å². The van der Waals surface area contributed by atoms with Crippen molar-refractivity contribution in [3.63, 3.8) is 0 Å². The SMILES string of the molecule is O=C1CC[C@]2(O)[C@H]3Cc4ccc(O)c5c4[C@]2(CCN3CC2CC2)[C@H]1O5. The minimum atomic E-state index is -0.940. The number of likely N-dealkylation sites (tertiary alicyclic amines) is 1. The standard InChI is InChI=1S/C20H23NO4/c22-13-4-3-12-9-15-20(24)6-5-14(23)18-19(20,16(12)17(13)25-18)7-8-21(15)10-11-1-2-11/h3-4,11,15,18,22,24H,1-2,5-10H2/t15-,18+,19-,20+/m1/s1. The van der Waals surface area contributed by atoms with Crippen LogP contribution in [0, 0.1) is 5.92 Å². The third-order valence-electron chi connectivity index (χ3n) is 7.56. The Labute approximate surface area is 146 Å². The number of Topliss-reactive ketones (excluding diaryl/α,β-unsaturated/α-hetero) is 1. The topological polar surface area (TPSA) is 70.0 Å². The molecule has 5 nitrogen and oxygen atoms in total. The molecular formula is C20H23NO4. The molecule has 5 aliphatic rings. The van der Waals surface area contributed by atoms with Gasteiger partial charge in [-0.05, 0) is 56.2 Å². The zero-order valence-corrected chi connectivity index (χ0v) is 14.2. The van der Waals surface area contributed by atoms with Crippen LogP contribution >= 0.6 is 0 Å². The molecule has 4 atom stereocenters. The molecule has 1 aromatic carbocycles. The van der Waals surface area contributed by atoms with Crippen molar-refractivity contribution in [3.05, 3.63) is 23.3 Å². The predicted molar refractivity (Wildman–Crippen MR) is 89.8 cm³/mol. The average molecular weight is 341 g/mol. The minimum Gasteiger partial charge on any atom is -0.504 e. The molecule has 132 valence electrons. The van der Waals surface area contributed by atoms with E-state index < -0.39 is 17.1 Å². The average Bonchev–Trinajstić information content (AvgIpc) is 3.32. The van der Waals surface area contributed by atoms with Crippen molar-refractivity contribution in [1.82, 2.24) is 4.90 Å². The molecule has 2 N–H and O–H groups in total. The van der Waals surface area contributed by atoms with Gasteiger partial charge in [0.25, 0.3) is 0 Å². The highest BCUT2D eigenvalue weighted by Gasteiger charge is 2.73. The molecule has 1 aromatic rings. The second kappa shape index (κ2) is 4.38. The summed E-state index contributed by atoms with van der Waals surface area (Å²) < 4.78 is 6.04. The van der Waals surface area contributed by atoms with Crippen molar-refractivity contribution >= 4 is 5.78 Å². The number of carbonyl (C=O) groups is 1. The summed E-state index contributed by atoms with van der Waals surface area (Å²) in [5, 5.41) is 22.3. The molecule has 5 heteroatoms. The quantitative estimate of drug-likeness (QED) is 0.854. The lowest BCUT2D eigenvalue weighted by Crippen LogP contribution is -2.76. The lowest BCUT2D eigenvalue weighted by atomic mass is 9.49. The summed E-state index contributed by atoms with van der Waals surface area (Å²) in [7, 11) is 0. The first-order valence-corrected chi connectivity index (χ1v) is 9.56. The fourth-order valence-corrected chi connectivity index (χ4v) is 6.26. The van der Waals surface area contributed by atoms with Crippen LogP contribution in [-0.4, -0.2) is 51.7 Å². The predicted octanol–water partition coefficient (Wildman–Crippen LogP) is 1.53. The van der Waals surface area contributed by atoms with E-state index in [9.17, 15) is 15.0 Å². The third kappa shape index (κ3) is 1.56. The number of phenolic OH excluding ortho intramolecular Hbond substituents is 1. The smallest absolute Gasteiger partial charge is 0.174 e. The van der Waals surface area contributed by atoms with Crippen molar-refractivity contribution in [2.24, 2.45) is 5.92 Å². The van der Waals surface area contributed by atoms with Crippen LogP contribution in [0.25, 0.3) is 0 Å². The molecule has 0 aromatic heterocycles. The van der Waals surface area contributed by atoms with Crippen molar-refractivity contribution in [3.8, 4) is 11.5 Å². The number of hydrogen-bond donors (Lipinski definition) is 2. The van der Waals surface area contributed by atoms with Crippen LogP contribution in [0.3, 0.4) is 0 Å². The summed E-state index contributed by atoms with van der Waals surface area (Å²) in [5.41, 5.74) is 0.454. The Kier molecular flexibility index (Phi) is 2.55. The van der Waals surface area contributed by atoms with Crippen molar-refractivity contribution < 1.29 is 19.7 Å². The van der Waals surface area contributed by atoms with E-state index in [0.717, 1.165) is 43.0 Å². The van der Waals surface area contributed by atoms with Gasteiger partial charge < -0.3 is 14.9 Å². The first kappa shape index (κ1) is 14.6. The van der Waals surface area contributed by atoms with Gasteiger partial charge >= 0.3 is 0 Å². The summed E-state index contributed by atoms with van der Waals surface area (Å²) in [5.74, 6) is 1.39. The van der Waals surface area contributed by atoms with Gasteiger partial charge in [0.2, 0.25) is 0 Å². The molecule has 3 fully saturated rings. The van der Waals surface area contributed by atoms with E-state index in [1.807, 2.05) is 6.07 Å². The lowest BCUT2D eigenvalue weighted by Gasteiger charge is -2.62. The minimum absolute atomic E-state index is 0.0454. The Morgan fingerprint density at radius 2 is 2.12 bits per heavy atom. The van der Waals surface area contributed by atoms with Crippen LogP contribution in [-0.2, 0) is 16.6 Å². The van der Waals surface area contributed by atoms with Crippen LogP contribution in [0.2, 0.25) is 0 Å². The van der Waals surface area contributed by atoms with E-state index in [1.165, 1.54) is 12.8 Å². The van der Waals surface area contributed by atoms with E-state index >= 15 is 0 Å². The number of carbonyl (C=O) groups excluding carboxylic acids is 1. The Morgan fingerprint density at radius 3 is 2.92 bits per heavy atom. The molecule has 2 aliphatic heterocycles. The fraction of sp³-hybridized carbons (Fsp3) is 0.650. The normalized spacial score (nSPS) is 41.4. The number of ketones is 1. The van der Waals surface area contributed by atoms with Crippen molar-refractivity contribution in [2.45, 2.75) is 61.7 Å². The largest absolute Gasteiger partial charge is 0.504 e. The molecule has 0 radical (unpaired) electrons. The number of benzene rings is 1. The first-order valence-electron chi connectivity index (χ1n) is 9.56. The molecular weight excluding hydrogens is 318 g/mol. The zero-order chi connectivity index (χ0) is 17.0. The lowest BCUT2D eigenvalue weighted by molar-refractivity contribution is -0.188. The first-order chi connectivity index (χ1) is 12.0. The fourth-order valence-electron chi connectivity index (χ4n) is 6.26. The Morgan fingerprint density at radius 1 is 1.28 bits per heavy atom. The summed E-state index contributed by atoms with van der Waals surface area (Å²) >= 11 is 0. The van der Waals surface area contributed by atoms with E-state index in [4.69, 9.17) is 4.74 Å². The second-order valence-corrected chi connectivity index (χ2v) is 8.72. The maximum atomic E-state index is 12.7. The summed E-state index contributed by atoms with van der Waals surface area (Å²) in [4.78, 5) is 15.2. The Bertz CT molecular complexity index is 803. The highest BCUT2D eigenvalue weighted by molar-refractivity contribution is 5.90. The van der Waals surface area contributed by atoms with E-state index in [1.54, 1.807) is 6.07 Å². The van der Waals surface area contributed by atoms with Crippen LogP contribution in [0.4, 0.5) is 0 Å². The van der Waals surface area contributed by atoms with Gasteiger partial charge in [-0.2, -0.15) is 0 Å². The number of piperidine rings is 1. The second-order valence-electron chi connectivity index (χ2n) is 8.72. The zero-order valence-electron chi connectivity index (χ0n) is 14.2. The number of hydrogen-bond acceptors (Lipinski definition) is 5. The number of phenols is 1. The van der Waals surface area contributed by atoms with Crippen LogP contribution in [0.5, 0.6) is 11.5 Å². The molecule has 2 bridgehead atoms. The molecule has 1 saturated heterocycles. The van der Waals surface area contributed by atoms with Gasteiger partial charge in [-0.3, -0.25) is 9.69 Å². The Hall–Kier alpha value is -1.59. The molecule has 2 saturated carbocycles. The molecule has 6 rings (SSSR count). The van der Waals surface area contributed by atoms with Gasteiger partial charge in [0.15, 0.2) is 23.4 Å². The summed E-state index contributed by atoms with van der Waals surface area (Å²) in [6.45, 7) is 1.95. The third-order valence-corrected chi connectivity index (χ3v) is 7.56. The molecule has 1 spiro atoms. The van der Waals surface area contributed by atoms with Crippen molar-refractivity contribution in [1.29, 1.82) is 0 Å². The van der Waals surface area contributed by atoms with Gasteiger partial charge in [-0.15, -0.1) is 0 Å². The van der Waals surface area contributed by atoms with Gasteiger partial charge in [0.05, 0.1) is 11.0 Å². The van der Waals surface area contributed by atoms with E-state index in [2.05, 4.69) is 4.90 Å². The van der Waals surface area contributed by atoms with Gasteiger partial charge in [-0.1, -0.05) is 6.07 Å². The number of ether oxygens (including phenoxy) is 1. The number of aliphatic hydroxyl groups is 1. The van der Waals surface area contributed by atoms with Crippen LogP contribution < -0.4 is 4.74 Å². The summed E-state index contributed by atoms with van der Waals surface area (Å²) in [6, 6.07) is 3.69. The maximum Gasteiger partial charge on any atom is 0.174 e. The summed E-state index contributed by atoms with van der Waals surface area (Å²) in [6.07, 6.45) is 4.33. The highest BCUT2D eigenvalue weighted by atomic mass is 16.5. The number of rotatable bonds is 2. The Balaban J connectivity index is 1.58. The van der Waals surface area contributed by atoms with E-state index in [0.29, 0.717) is 18.6 Å². The van der Waals surface area contributed by atoms with Gasteiger partial charge in [0, 0.05) is 24.6 Å². The molecule has 2 heterocycles. The molecule has 25 heavy (non-hydrogen) atoms. The number of nitrogens with zero attached hydrogens (tertiary/aromatic N) is 1.